The van der Waals surface area contributed by atoms with Gasteiger partial charge in [0.05, 0.1) is 5.52 Å². The Morgan fingerprint density at radius 2 is 2.07 bits per heavy atom. The number of aromatic nitrogens is 1. The Labute approximate surface area is 92.2 Å². The van der Waals surface area contributed by atoms with Gasteiger partial charge in [-0.25, -0.2) is 4.98 Å². The molecule has 0 aliphatic heterocycles. The molecule has 0 bridgehead atoms. The van der Waals surface area contributed by atoms with Crippen molar-refractivity contribution in [3.05, 3.63) is 47.1 Å². The highest BCUT2D eigenvalue weighted by Crippen LogP contribution is 2.21. The minimum Gasteiger partial charge on any atom is -0.299 e. The van der Waals surface area contributed by atoms with E-state index in [-0.39, 0.29) is 0 Å². The Morgan fingerprint density at radius 3 is 2.87 bits per heavy atom. The Morgan fingerprint density at radius 1 is 1.27 bits per heavy atom. The van der Waals surface area contributed by atoms with Gasteiger partial charge in [-0.2, -0.15) is 0 Å². The number of hydrogen-bond donors (Lipinski definition) is 0. The lowest BCUT2D eigenvalue weighted by Crippen LogP contribution is -1.84. The summed E-state index contributed by atoms with van der Waals surface area (Å²) in [6, 6.07) is 9.60. The fourth-order valence-electron chi connectivity index (χ4n) is 1.37. The van der Waals surface area contributed by atoms with Crippen molar-refractivity contribution in [1.29, 1.82) is 0 Å². The van der Waals surface area contributed by atoms with Crippen molar-refractivity contribution in [2.45, 2.75) is 0 Å². The standard InChI is InChI=1S/C12H8ClNO/c13-12-10(5-3-7-15)8-9-4-1-2-6-11(9)14-12/h1-8H/b5-3+. The highest BCUT2D eigenvalue weighted by atomic mass is 35.5. The molecule has 0 saturated carbocycles. The number of carbonyl (C=O) groups is 1. The second kappa shape index (κ2) is 4.24. The molecule has 0 aliphatic rings. The monoisotopic (exact) mass is 217 g/mol. The van der Waals surface area contributed by atoms with Crippen molar-refractivity contribution in [1.82, 2.24) is 4.98 Å². The molecule has 15 heavy (non-hydrogen) atoms. The molecule has 0 saturated heterocycles. The molecule has 1 aromatic heterocycles. The van der Waals surface area contributed by atoms with Gasteiger partial charge in [0.25, 0.3) is 0 Å². The third-order valence-electron chi connectivity index (χ3n) is 2.06. The molecule has 0 radical (unpaired) electrons. The first-order chi connectivity index (χ1) is 7.31. The molecule has 0 N–H and O–H groups in total. The second-order valence-electron chi connectivity index (χ2n) is 3.06. The zero-order chi connectivity index (χ0) is 10.7. The molecule has 2 rings (SSSR count). The lowest BCUT2D eigenvalue weighted by Gasteiger charge is -2.00. The van der Waals surface area contributed by atoms with Gasteiger partial charge in [-0.1, -0.05) is 29.8 Å². The predicted octanol–water partition coefficient (Wildman–Crippen LogP) is 3.10. The second-order valence-corrected chi connectivity index (χ2v) is 3.41. The van der Waals surface area contributed by atoms with Gasteiger partial charge >= 0.3 is 0 Å². The smallest absolute Gasteiger partial charge is 0.142 e. The maximum absolute atomic E-state index is 10.2. The number of fused-ring (bicyclic) bond motifs is 1. The summed E-state index contributed by atoms with van der Waals surface area (Å²) >= 11 is 5.96. The molecule has 1 aromatic carbocycles. The molecule has 0 atom stereocenters. The van der Waals surface area contributed by atoms with Crippen LogP contribution < -0.4 is 0 Å². The van der Waals surface area contributed by atoms with Crippen LogP contribution in [0.2, 0.25) is 5.15 Å². The van der Waals surface area contributed by atoms with Gasteiger partial charge in [0.15, 0.2) is 0 Å². The fourth-order valence-corrected chi connectivity index (χ4v) is 1.58. The molecular weight excluding hydrogens is 210 g/mol. The SMILES string of the molecule is O=C/C=C/c1cc2ccccc2nc1Cl. The molecule has 0 unspecified atom stereocenters. The summed E-state index contributed by atoms with van der Waals surface area (Å²) in [6.45, 7) is 0. The van der Waals surface area contributed by atoms with Crippen molar-refractivity contribution in [3.8, 4) is 0 Å². The van der Waals surface area contributed by atoms with Crippen LogP contribution in [0.1, 0.15) is 5.56 Å². The summed E-state index contributed by atoms with van der Waals surface area (Å²) < 4.78 is 0. The Bertz CT molecular complexity index is 534. The number of nitrogens with zero attached hydrogens (tertiary/aromatic N) is 1. The molecule has 74 valence electrons. The van der Waals surface area contributed by atoms with Crippen molar-refractivity contribution in [2.75, 3.05) is 0 Å². The highest BCUT2D eigenvalue weighted by molar-refractivity contribution is 6.31. The van der Waals surface area contributed by atoms with E-state index >= 15 is 0 Å². The van der Waals surface area contributed by atoms with E-state index in [4.69, 9.17) is 11.6 Å². The summed E-state index contributed by atoms with van der Waals surface area (Å²) in [5.41, 5.74) is 1.60. The summed E-state index contributed by atoms with van der Waals surface area (Å²) in [6.07, 6.45) is 3.76. The van der Waals surface area contributed by atoms with E-state index in [9.17, 15) is 4.79 Å². The molecular formula is C12H8ClNO. The molecule has 0 amide bonds. The van der Waals surface area contributed by atoms with Crippen molar-refractivity contribution in [3.63, 3.8) is 0 Å². The molecule has 0 spiro atoms. The number of pyridine rings is 1. The van der Waals surface area contributed by atoms with E-state index < -0.39 is 0 Å². The van der Waals surface area contributed by atoms with Crippen LogP contribution in [0.3, 0.4) is 0 Å². The van der Waals surface area contributed by atoms with Gasteiger partial charge in [0.1, 0.15) is 11.4 Å². The van der Waals surface area contributed by atoms with Crippen LogP contribution in [0.4, 0.5) is 0 Å². The van der Waals surface area contributed by atoms with Crippen LogP contribution in [-0.2, 0) is 4.79 Å². The average Bonchev–Trinajstić information content (AvgIpc) is 2.26. The van der Waals surface area contributed by atoms with Crippen LogP contribution >= 0.6 is 11.6 Å². The van der Waals surface area contributed by atoms with Gasteiger partial charge in [0, 0.05) is 10.9 Å². The number of para-hydroxylation sites is 1. The molecule has 0 fully saturated rings. The highest BCUT2D eigenvalue weighted by Gasteiger charge is 2.00. The summed E-state index contributed by atoms with van der Waals surface area (Å²) in [5.74, 6) is 0. The maximum atomic E-state index is 10.2. The van der Waals surface area contributed by atoms with Gasteiger partial charge < -0.3 is 0 Å². The Hall–Kier alpha value is -1.67. The molecule has 2 aromatic rings. The lowest BCUT2D eigenvalue weighted by molar-refractivity contribution is -0.104. The molecule has 1 heterocycles. The van der Waals surface area contributed by atoms with E-state index in [1.165, 1.54) is 6.08 Å². The number of carbonyl (C=O) groups excluding carboxylic acids is 1. The minimum atomic E-state index is 0.409. The zero-order valence-corrected chi connectivity index (χ0v) is 8.61. The van der Waals surface area contributed by atoms with Crippen molar-refractivity contribution >= 4 is 34.9 Å². The van der Waals surface area contributed by atoms with Gasteiger partial charge in [-0.3, -0.25) is 4.79 Å². The summed E-state index contributed by atoms with van der Waals surface area (Å²) in [4.78, 5) is 14.4. The lowest BCUT2D eigenvalue weighted by atomic mass is 10.1. The molecule has 3 heteroatoms. The summed E-state index contributed by atoms with van der Waals surface area (Å²) in [7, 11) is 0. The molecule has 0 aliphatic carbocycles. The van der Waals surface area contributed by atoms with Gasteiger partial charge in [-0.05, 0) is 24.3 Å². The third-order valence-corrected chi connectivity index (χ3v) is 2.36. The summed E-state index contributed by atoms with van der Waals surface area (Å²) in [5, 5.41) is 1.42. The number of rotatable bonds is 2. The number of aldehydes is 1. The largest absolute Gasteiger partial charge is 0.299 e. The van der Waals surface area contributed by atoms with Gasteiger partial charge in [-0.15, -0.1) is 0 Å². The van der Waals surface area contributed by atoms with Crippen LogP contribution in [0, 0.1) is 0 Å². The third kappa shape index (κ3) is 2.05. The minimum absolute atomic E-state index is 0.409. The Balaban J connectivity index is 2.61. The van der Waals surface area contributed by atoms with Crippen LogP contribution in [0.5, 0.6) is 0 Å². The number of allylic oxidation sites excluding steroid dienone is 1. The van der Waals surface area contributed by atoms with E-state index in [1.54, 1.807) is 6.08 Å². The van der Waals surface area contributed by atoms with Crippen molar-refractivity contribution in [2.24, 2.45) is 0 Å². The normalized spacial score (nSPS) is 11.0. The van der Waals surface area contributed by atoms with Crippen LogP contribution in [0.25, 0.3) is 17.0 Å². The van der Waals surface area contributed by atoms with Crippen molar-refractivity contribution < 1.29 is 4.79 Å². The predicted molar refractivity (Wildman–Crippen MR) is 61.9 cm³/mol. The van der Waals surface area contributed by atoms with E-state index in [2.05, 4.69) is 4.98 Å². The average molecular weight is 218 g/mol. The number of halogens is 1. The quantitative estimate of drug-likeness (QED) is 0.440. The Kier molecular flexibility index (Phi) is 2.79. The van der Waals surface area contributed by atoms with Crippen LogP contribution in [-0.4, -0.2) is 11.3 Å². The van der Waals surface area contributed by atoms with Crippen LogP contribution in [0.15, 0.2) is 36.4 Å². The zero-order valence-electron chi connectivity index (χ0n) is 7.85. The number of benzene rings is 1. The first-order valence-corrected chi connectivity index (χ1v) is 4.86. The van der Waals surface area contributed by atoms with E-state index in [0.29, 0.717) is 11.4 Å². The van der Waals surface area contributed by atoms with E-state index in [1.807, 2.05) is 30.3 Å². The topological polar surface area (TPSA) is 30.0 Å². The maximum Gasteiger partial charge on any atom is 0.142 e. The molecule has 2 nitrogen and oxygen atoms in total. The fraction of sp³-hybridized carbons (Fsp3) is 0. The van der Waals surface area contributed by atoms with Gasteiger partial charge in [0.2, 0.25) is 0 Å². The first kappa shape index (κ1) is 9.87. The number of hydrogen-bond acceptors (Lipinski definition) is 2. The first-order valence-electron chi connectivity index (χ1n) is 4.48. The van der Waals surface area contributed by atoms with E-state index in [0.717, 1.165) is 16.5 Å².